The molecule has 4 atom stereocenters. The van der Waals surface area contributed by atoms with Gasteiger partial charge in [0.25, 0.3) is 0 Å². The Morgan fingerprint density at radius 2 is 1.63 bits per heavy atom. The highest BCUT2D eigenvalue weighted by Crippen LogP contribution is 2.62. The average molecular weight is 589 g/mol. The van der Waals surface area contributed by atoms with Crippen molar-refractivity contribution in [1.82, 2.24) is 4.90 Å². The molecule has 1 N–H and O–H groups in total. The van der Waals surface area contributed by atoms with Crippen molar-refractivity contribution in [3.8, 4) is 5.75 Å². The van der Waals surface area contributed by atoms with Gasteiger partial charge in [0, 0.05) is 22.5 Å². The maximum atomic E-state index is 14.9. The van der Waals surface area contributed by atoms with Crippen molar-refractivity contribution in [2.24, 2.45) is 5.92 Å². The molecule has 1 fully saturated rings. The summed E-state index contributed by atoms with van der Waals surface area (Å²) in [5.74, 6) is -1.48. The van der Waals surface area contributed by atoms with Crippen LogP contribution in [0.2, 0.25) is 5.02 Å². The molecule has 3 aliphatic rings. The fourth-order valence-electron chi connectivity index (χ4n) is 7.13. The van der Waals surface area contributed by atoms with Gasteiger partial charge in [-0.3, -0.25) is 14.4 Å². The number of hydrogen-bond acceptors (Lipinski definition) is 5. The second-order valence-corrected chi connectivity index (χ2v) is 11.6. The number of benzene rings is 4. The lowest BCUT2D eigenvalue weighted by molar-refractivity contribution is -0.122. The van der Waals surface area contributed by atoms with Gasteiger partial charge in [0.15, 0.2) is 11.6 Å². The maximum absolute atomic E-state index is 14.9. The van der Waals surface area contributed by atoms with E-state index in [2.05, 4.69) is 5.32 Å². The zero-order valence-electron chi connectivity index (χ0n) is 23.5. The Balaban J connectivity index is 1.51. The van der Waals surface area contributed by atoms with Crippen LogP contribution in [0.4, 0.5) is 5.69 Å². The number of Topliss-reactive ketones (excluding diaryl/α,β-unsaturated/α-hetero) is 2. The molecule has 4 aromatic carbocycles. The highest BCUT2D eigenvalue weighted by Gasteiger charge is 2.70. The van der Waals surface area contributed by atoms with Crippen molar-refractivity contribution < 1.29 is 19.1 Å². The van der Waals surface area contributed by atoms with Crippen LogP contribution >= 0.6 is 11.6 Å². The molecule has 4 aromatic rings. The highest BCUT2D eigenvalue weighted by molar-refractivity contribution is 6.30. The zero-order chi connectivity index (χ0) is 29.7. The van der Waals surface area contributed by atoms with Crippen LogP contribution in [0.25, 0.3) is 6.08 Å². The average Bonchev–Trinajstić information content (AvgIpc) is 3.52. The Morgan fingerprint density at radius 3 is 2.44 bits per heavy atom. The Bertz CT molecular complexity index is 1800. The summed E-state index contributed by atoms with van der Waals surface area (Å²) >= 11 is 6.20. The van der Waals surface area contributed by atoms with E-state index in [1.165, 1.54) is 0 Å². The number of halogens is 1. The van der Waals surface area contributed by atoms with Crippen molar-refractivity contribution in [2.75, 3.05) is 11.9 Å². The molecule has 43 heavy (non-hydrogen) atoms. The van der Waals surface area contributed by atoms with Crippen LogP contribution < -0.4 is 10.1 Å². The van der Waals surface area contributed by atoms with Crippen LogP contribution in [-0.2, 0) is 10.2 Å². The van der Waals surface area contributed by atoms with E-state index >= 15 is 0 Å². The minimum Gasteiger partial charge on any atom is -0.493 e. The van der Waals surface area contributed by atoms with Gasteiger partial charge in [-0.1, -0.05) is 73.1 Å². The van der Waals surface area contributed by atoms with Crippen molar-refractivity contribution in [3.63, 3.8) is 0 Å². The summed E-state index contributed by atoms with van der Waals surface area (Å²) in [6.45, 7) is 2.45. The van der Waals surface area contributed by atoms with Gasteiger partial charge in [0.2, 0.25) is 5.91 Å². The highest BCUT2D eigenvalue weighted by atomic mass is 35.5. The van der Waals surface area contributed by atoms with Crippen LogP contribution in [0.15, 0.2) is 103 Å². The van der Waals surface area contributed by atoms with E-state index in [4.69, 9.17) is 16.3 Å². The standard InChI is InChI=1S/C36H29ClN2O4/c1-2-21-43-29-14-8-5-11-26(29)33(41)31-30(32(40)23-15-17-24(37)18-16-23)36(27-12-6-7-13-28(27)38-35(36)42)34-25-10-4-3-9-22(25)19-20-39(31)34/h3-20,30-31,34H,2,21H2,1H3,(H,38,42)/t30-,31-,34+,36-/m0/s1. The summed E-state index contributed by atoms with van der Waals surface area (Å²) in [6, 6.07) is 27.5. The number of ether oxygens (including phenoxy) is 1. The van der Waals surface area contributed by atoms with Gasteiger partial charge in [-0.2, -0.15) is 0 Å². The molecule has 0 unspecified atom stereocenters. The predicted molar refractivity (Wildman–Crippen MR) is 166 cm³/mol. The molecule has 0 radical (unpaired) electrons. The van der Waals surface area contributed by atoms with E-state index in [9.17, 15) is 14.4 Å². The molecule has 7 rings (SSSR count). The third-order valence-corrected chi connectivity index (χ3v) is 9.12. The first-order chi connectivity index (χ1) is 21.0. The summed E-state index contributed by atoms with van der Waals surface area (Å²) in [6.07, 6.45) is 4.60. The molecule has 0 bridgehead atoms. The minimum absolute atomic E-state index is 0.276. The summed E-state index contributed by atoms with van der Waals surface area (Å²) in [5.41, 5.74) is 2.55. The zero-order valence-corrected chi connectivity index (χ0v) is 24.3. The van der Waals surface area contributed by atoms with Crippen molar-refractivity contribution in [2.45, 2.75) is 30.8 Å². The van der Waals surface area contributed by atoms with Gasteiger partial charge in [0.1, 0.15) is 17.2 Å². The van der Waals surface area contributed by atoms with Gasteiger partial charge >= 0.3 is 0 Å². The monoisotopic (exact) mass is 588 g/mol. The minimum atomic E-state index is -1.40. The van der Waals surface area contributed by atoms with Crippen LogP contribution in [0.5, 0.6) is 5.75 Å². The van der Waals surface area contributed by atoms with Crippen LogP contribution in [-0.4, -0.2) is 35.0 Å². The molecule has 1 spiro atoms. The Hall–Kier alpha value is -4.68. The normalized spacial score (nSPS) is 23.0. The smallest absolute Gasteiger partial charge is 0.238 e. The van der Waals surface area contributed by atoms with E-state index in [1.807, 2.05) is 78.7 Å². The number of rotatable bonds is 7. The van der Waals surface area contributed by atoms with E-state index in [1.54, 1.807) is 42.5 Å². The number of fused-ring (bicyclic) bond motifs is 6. The molecule has 1 amide bonds. The summed E-state index contributed by atoms with van der Waals surface area (Å²) in [7, 11) is 0. The predicted octanol–water partition coefficient (Wildman–Crippen LogP) is 7.11. The molecule has 214 valence electrons. The number of carbonyl (C=O) groups excluding carboxylic acids is 3. The lowest BCUT2D eigenvalue weighted by Crippen LogP contribution is -2.49. The topological polar surface area (TPSA) is 75.7 Å². The number of anilines is 1. The van der Waals surface area contributed by atoms with Crippen LogP contribution in [0.1, 0.15) is 56.8 Å². The molecule has 1 saturated heterocycles. The largest absolute Gasteiger partial charge is 0.493 e. The number of nitrogens with one attached hydrogen (secondary N) is 1. The number of amides is 1. The lowest BCUT2D eigenvalue weighted by atomic mass is 9.62. The molecule has 3 heterocycles. The van der Waals surface area contributed by atoms with Gasteiger partial charge in [-0.05, 0) is 71.7 Å². The molecule has 0 aliphatic carbocycles. The lowest BCUT2D eigenvalue weighted by Gasteiger charge is -2.38. The molecule has 0 aromatic heterocycles. The van der Waals surface area contributed by atoms with Gasteiger partial charge < -0.3 is 15.0 Å². The number of para-hydroxylation sites is 2. The Kier molecular flexibility index (Phi) is 6.66. The second kappa shape index (κ2) is 10.5. The fourth-order valence-corrected chi connectivity index (χ4v) is 7.25. The molecule has 6 nitrogen and oxygen atoms in total. The van der Waals surface area contributed by atoms with E-state index in [-0.39, 0.29) is 17.5 Å². The first-order valence-electron chi connectivity index (χ1n) is 14.5. The van der Waals surface area contributed by atoms with Crippen LogP contribution in [0, 0.1) is 5.92 Å². The third kappa shape index (κ3) is 4.04. The van der Waals surface area contributed by atoms with Gasteiger partial charge in [0.05, 0.1) is 24.1 Å². The molecular formula is C36H29ClN2O4. The summed E-state index contributed by atoms with van der Waals surface area (Å²) < 4.78 is 6.01. The van der Waals surface area contributed by atoms with Crippen molar-refractivity contribution in [3.05, 3.63) is 136 Å². The number of hydrogen-bond donors (Lipinski definition) is 1. The van der Waals surface area contributed by atoms with Crippen molar-refractivity contribution >= 4 is 40.8 Å². The van der Waals surface area contributed by atoms with Gasteiger partial charge in [-0.15, -0.1) is 0 Å². The number of ketones is 2. The van der Waals surface area contributed by atoms with E-state index < -0.39 is 23.4 Å². The summed E-state index contributed by atoms with van der Waals surface area (Å²) in [4.78, 5) is 46.3. The number of nitrogens with zero attached hydrogens (tertiary/aromatic N) is 1. The Morgan fingerprint density at radius 1 is 0.907 bits per heavy atom. The first-order valence-corrected chi connectivity index (χ1v) is 14.9. The van der Waals surface area contributed by atoms with E-state index in [0.29, 0.717) is 39.8 Å². The quantitative estimate of drug-likeness (QED) is 0.233. The maximum Gasteiger partial charge on any atom is 0.238 e. The van der Waals surface area contributed by atoms with E-state index in [0.717, 1.165) is 17.5 Å². The SMILES string of the molecule is CCCOc1ccccc1C(=O)[C@@H]1[C@@H](C(=O)c2ccc(Cl)cc2)[C@]2(C(=O)Nc3ccccc32)[C@H]2c3ccccc3C=CN12. The van der Waals surface area contributed by atoms with Gasteiger partial charge in [-0.25, -0.2) is 0 Å². The van der Waals surface area contributed by atoms with Crippen LogP contribution in [0.3, 0.4) is 0 Å². The first kappa shape index (κ1) is 27.2. The molecule has 0 saturated carbocycles. The summed E-state index contributed by atoms with van der Waals surface area (Å²) in [5, 5.41) is 3.57. The third-order valence-electron chi connectivity index (χ3n) is 8.86. The van der Waals surface area contributed by atoms with Crippen molar-refractivity contribution in [1.29, 1.82) is 0 Å². The molecule has 7 heteroatoms. The second-order valence-electron chi connectivity index (χ2n) is 11.2. The number of carbonyl (C=O) groups is 3. The molecular weight excluding hydrogens is 560 g/mol. The molecule has 3 aliphatic heterocycles. The Labute approximate surface area is 254 Å². The fraction of sp³-hybridized carbons (Fsp3) is 0.194.